The standard InChI is InChI=1S/C16H34N4O.HI/c1-12(2)15(20-8-6-13(3)7-9-20)10-18-16(17)19-14(4)11-21-5;/h12-15H,6-11H2,1-5H3,(H3,17,18,19);1H. The van der Waals surface area contributed by atoms with Gasteiger partial charge in [-0.25, -0.2) is 0 Å². The highest BCUT2D eigenvalue weighted by Crippen LogP contribution is 2.21. The van der Waals surface area contributed by atoms with Gasteiger partial charge in [-0.15, -0.1) is 24.0 Å². The van der Waals surface area contributed by atoms with Crippen LogP contribution < -0.4 is 11.1 Å². The lowest BCUT2D eigenvalue weighted by Gasteiger charge is -2.38. The molecule has 132 valence electrons. The van der Waals surface area contributed by atoms with Crippen LogP contribution in [0.15, 0.2) is 4.99 Å². The number of likely N-dealkylation sites (tertiary alicyclic amines) is 1. The van der Waals surface area contributed by atoms with Crippen molar-refractivity contribution in [3.63, 3.8) is 0 Å². The summed E-state index contributed by atoms with van der Waals surface area (Å²) >= 11 is 0. The Kier molecular flexibility index (Phi) is 11.4. The second kappa shape index (κ2) is 11.5. The van der Waals surface area contributed by atoms with E-state index in [1.165, 1.54) is 25.9 Å². The molecule has 0 aromatic carbocycles. The summed E-state index contributed by atoms with van der Waals surface area (Å²) in [4.78, 5) is 7.13. The molecule has 5 nitrogen and oxygen atoms in total. The zero-order chi connectivity index (χ0) is 15.8. The predicted octanol–water partition coefficient (Wildman–Crippen LogP) is 2.30. The van der Waals surface area contributed by atoms with Crippen molar-refractivity contribution < 1.29 is 4.74 Å². The van der Waals surface area contributed by atoms with Crippen LogP contribution in [0.4, 0.5) is 0 Å². The summed E-state index contributed by atoms with van der Waals surface area (Å²) in [5, 5.41) is 3.17. The van der Waals surface area contributed by atoms with E-state index in [1.54, 1.807) is 7.11 Å². The number of halogens is 1. The summed E-state index contributed by atoms with van der Waals surface area (Å²) in [5.41, 5.74) is 5.97. The molecular weight excluding hydrogens is 391 g/mol. The Morgan fingerprint density at radius 2 is 1.91 bits per heavy atom. The molecule has 0 aliphatic carbocycles. The van der Waals surface area contributed by atoms with Gasteiger partial charge in [-0.3, -0.25) is 9.89 Å². The molecule has 3 N–H and O–H groups in total. The molecule has 1 aliphatic heterocycles. The van der Waals surface area contributed by atoms with Crippen molar-refractivity contribution in [2.75, 3.05) is 33.4 Å². The van der Waals surface area contributed by atoms with Crippen LogP contribution in [0, 0.1) is 11.8 Å². The van der Waals surface area contributed by atoms with E-state index in [9.17, 15) is 0 Å². The molecule has 1 rings (SSSR count). The van der Waals surface area contributed by atoms with Crippen molar-refractivity contribution in [1.82, 2.24) is 10.2 Å². The third-order valence-corrected chi connectivity index (χ3v) is 4.32. The van der Waals surface area contributed by atoms with Crippen LogP contribution in [0.5, 0.6) is 0 Å². The smallest absolute Gasteiger partial charge is 0.188 e. The molecular formula is C16H35IN4O. The molecule has 6 heteroatoms. The topological polar surface area (TPSA) is 62.9 Å². The SMILES string of the molecule is COCC(C)NC(N)=NCC(C(C)C)N1CCC(C)CC1.I. The molecule has 2 unspecified atom stereocenters. The Balaban J connectivity index is 0.00000441. The molecule has 0 spiro atoms. The number of hydrogen-bond donors (Lipinski definition) is 2. The Morgan fingerprint density at radius 1 is 1.32 bits per heavy atom. The number of hydrogen-bond acceptors (Lipinski definition) is 3. The average Bonchev–Trinajstić information content (AvgIpc) is 2.40. The van der Waals surface area contributed by atoms with Gasteiger partial charge in [0.15, 0.2) is 5.96 Å². The molecule has 0 radical (unpaired) electrons. The van der Waals surface area contributed by atoms with Crippen molar-refractivity contribution >= 4 is 29.9 Å². The van der Waals surface area contributed by atoms with Crippen LogP contribution >= 0.6 is 24.0 Å². The lowest BCUT2D eigenvalue weighted by atomic mass is 9.94. The maximum atomic E-state index is 5.97. The van der Waals surface area contributed by atoms with Crippen molar-refractivity contribution in [3.05, 3.63) is 0 Å². The van der Waals surface area contributed by atoms with E-state index in [2.05, 4.69) is 36.0 Å². The first-order valence-corrected chi connectivity index (χ1v) is 8.23. The minimum atomic E-state index is 0. The molecule has 22 heavy (non-hydrogen) atoms. The van der Waals surface area contributed by atoms with Crippen molar-refractivity contribution in [2.24, 2.45) is 22.6 Å². The number of nitrogens with zero attached hydrogens (tertiary/aromatic N) is 2. The van der Waals surface area contributed by atoms with Crippen LogP contribution in [0.1, 0.15) is 40.5 Å². The van der Waals surface area contributed by atoms with Crippen LogP contribution in [-0.4, -0.2) is 56.3 Å². The summed E-state index contributed by atoms with van der Waals surface area (Å²) in [7, 11) is 1.69. The number of nitrogens with one attached hydrogen (secondary N) is 1. The molecule has 0 aromatic heterocycles. The Bertz CT molecular complexity index is 317. The highest BCUT2D eigenvalue weighted by Gasteiger charge is 2.25. The number of guanidine groups is 1. The molecule has 2 atom stereocenters. The normalized spacial score (nSPS) is 20.5. The van der Waals surface area contributed by atoms with Gasteiger partial charge in [0.25, 0.3) is 0 Å². The monoisotopic (exact) mass is 426 g/mol. The van der Waals surface area contributed by atoms with E-state index in [1.807, 2.05) is 6.92 Å². The highest BCUT2D eigenvalue weighted by molar-refractivity contribution is 14.0. The summed E-state index contributed by atoms with van der Waals surface area (Å²) in [6.45, 7) is 12.7. The summed E-state index contributed by atoms with van der Waals surface area (Å²) < 4.78 is 5.09. The lowest BCUT2D eigenvalue weighted by Crippen LogP contribution is -2.46. The van der Waals surface area contributed by atoms with E-state index < -0.39 is 0 Å². The molecule has 1 heterocycles. The molecule has 1 fully saturated rings. The number of rotatable bonds is 7. The number of nitrogens with two attached hydrogens (primary N) is 1. The van der Waals surface area contributed by atoms with Crippen LogP contribution in [0.2, 0.25) is 0 Å². The van der Waals surface area contributed by atoms with Gasteiger partial charge in [-0.2, -0.15) is 0 Å². The molecule has 0 saturated carbocycles. The van der Waals surface area contributed by atoms with Gasteiger partial charge in [-0.1, -0.05) is 20.8 Å². The maximum Gasteiger partial charge on any atom is 0.188 e. The fraction of sp³-hybridized carbons (Fsp3) is 0.938. The van der Waals surface area contributed by atoms with Gasteiger partial charge in [0.2, 0.25) is 0 Å². The van der Waals surface area contributed by atoms with Crippen molar-refractivity contribution in [3.8, 4) is 0 Å². The number of methoxy groups -OCH3 is 1. The summed E-state index contributed by atoms with van der Waals surface area (Å²) in [6.07, 6.45) is 2.59. The summed E-state index contributed by atoms with van der Waals surface area (Å²) in [6, 6.07) is 0.669. The van der Waals surface area contributed by atoms with E-state index in [-0.39, 0.29) is 30.0 Å². The first-order chi connectivity index (χ1) is 9.93. The Morgan fingerprint density at radius 3 is 2.41 bits per heavy atom. The minimum Gasteiger partial charge on any atom is -0.383 e. The Hall–Kier alpha value is -0.0800. The fourth-order valence-corrected chi connectivity index (χ4v) is 2.89. The molecule has 0 bridgehead atoms. The maximum absolute atomic E-state index is 5.97. The van der Waals surface area contributed by atoms with Gasteiger partial charge < -0.3 is 15.8 Å². The average molecular weight is 426 g/mol. The fourth-order valence-electron chi connectivity index (χ4n) is 2.89. The second-order valence-corrected chi connectivity index (χ2v) is 6.76. The van der Waals surface area contributed by atoms with Crippen LogP contribution in [0.3, 0.4) is 0 Å². The van der Waals surface area contributed by atoms with E-state index in [0.29, 0.717) is 24.5 Å². The molecule has 0 aromatic rings. The van der Waals surface area contributed by atoms with Gasteiger partial charge in [-0.05, 0) is 44.7 Å². The third-order valence-electron chi connectivity index (χ3n) is 4.32. The van der Waals surface area contributed by atoms with Crippen LogP contribution in [-0.2, 0) is 4.74 Å². The first-order valence-electron chi connectivity index (χ1n) is 8.23. The third kappa shape index (κ3) is 7.97. The number of aliphatic imine (C=N–C) groups is 1. The predicted molar refractivity (Wildman–Crippen MR) is 105 cm³/mol. The molecule has 1 aliphatic rings. The Labute approximate surface area is 153 Å². The van der Waals surface area contributed by atoms with Gasteiger partial charge >= 0.3 is 0 Å². The summed E-state index contributed by atoms with van der Waals surface area (Å²) in [5.74, 6) is 1.97. The minimum absolute atomic E-state index is 0. The highest BCUT2D eigenvalue weighted by atomic mass is 127. The van der Waals surface area contributed by atoms with Gasteiger partial charge in [0, 0.05) is 19.2 Å². The molecule has 0 amide bonds. The lowest BCUT2D eigenvalue weighted by molar-refractivity contribution is 0.113. The van der Waals surface area contributed by atoms with Gasteiger partial charge in [0.1, 0.15) is 0 Å². The quantitative estimate of drug-likeness (QED) is 0.373. The van der Waals surface area contributed by atoms with E-state index in [0.717, 1.165) is 12.5 Å². The van der Waals surface area contributed by atoms with E-state index in [4.69, 9.17) is 10.5 Å². The largest absolute Gasteiger partial charge is 0.383 e. The number of ether oxygens (including phenoxy) is 1. The van der Waals surface area contributed by atoms with Gasteiger partial charge in [0.05, 0.1) is 13.2 Å². The molecule has 1 saturated heterocycles. The first kappa shape index (κ1) is 21.9. The van der Waals surface area contributed by atoms with Crippen molar-refractivity contribution in [2.45, 2.75) is 52.6 Å². The van der Waals surface area contributed by atoms with E-state index >= 15 is 0 Å². The zero-order valence-corrected chi connectivity index (χ0v) is 17.2. The van der Waals surface area contributed by atoms with Crippen LogP contribution in [0.25, 0.3) is 0 Å². The van der Waals surface area contributed by atoms with Crippen molar-refractivity contribution in [1.29, 1.82) is 0 Å². The second-order valence-electron chi connectivity index (χ2n) is 6.76. The zero-order valence-electron chi connectivity index (χ0n) is 14.8. The number of piperidine rings is 1.